The van der Waals surface area contributed by atoms with Crippen LogP contribution in [0.25, 0.3) is 0 Å². The summed E-state index contributed by atoms with van der Waals surface area (Å²) in [5.41, 5.74) is 0.679. The number of benzene rings is 2. The van der Waals surface area contributed by atoms with Crippen LogP contribution in [0.3, 0.4) is 0 Å². The Bertz CT molecular complexity index is 418. The van der Waals surface area contributed by atoms with Crippen LogP contribution in [0.15, 0.2) is 72.8 Å². The molecule has 0 aromatic heterocycles. The fraction of sp³-hybridized carbons (Fsp3) is 0.567. The summed E-state index contributed by atoms with van der Waals surface area (Å²) < 4.78 is 3.67. The quantitative estimate of drug-likeness (QED) is 0.394. The number of hydrogen-bond donors (Lipinski definition) is 1. The predicted molar refractivity (Wildman–Crippen MR) is 150 cm³/mol. The number of rotatable bonds is 0. The Balaban J connectivity index is -0.0000000967. The van der Waals surface area contributed by atoms with Crippen LogP contribution in [0.5, 0.6) is 0 Å². The Hall–Kier alpha value is -2.29. The maximum absolute atomic E-state index is 9.15. The van der Waals surface area contributed by atoms with Gasteiger partial charge >= 0.3 is 6.16 Å². The molecule has 0 saturated heterocycles. The molecular weight excluding hydrogens is 408 g/mol. The van der Waals surface area contributed by atoms with Gasteiger partial charge in [0.25, 0.3) is 0 Å². The van der Waals surface area contributed by atoms with Crippen LogP contribution < -0.4 is 0 Å². The summed E-state index contributed by atoms with van der Waals surface area (Å²) in [6, 6.07) is 24.0. The Morgan fingerprint density at radius 2 is 0.758 bits per heavy atom. The van der Waals surface area contributed by atoms with Gasteiger partial charge in [-0.3, -0.25) is 0 Å². The highest BCUT2D eigenvalue weighted by Crippen LogP contribution is 2.34. The molecule has 1 aliphatic carbocycles. The first-order valence-corrected chi connectivity index (χ1v) is 12.7. The SMILES string of the molecule is CC.CC.CC.CC.CC1(C)CCCCC1.COC(=O)O.c1ccccc1.c1ccccc1. The molecule has 0 spiro atoms. The molecule has 0 atom stereocenters. The van der Waals surface area contributed by atoms with Crippen LogP contribution in [-0.2, 0) is 4.74 Å². The highest BCUT2D eigenvalue weighted by molar-refractivity contribution is 5.56. The summed E-state index contributed by atoms with van der Waals surface area (Å²) in [7, 11) is 1.10. The lowest BCUT2D eigenvalue weighted by atomic mass is 9.78. The van der Waals surface area contributed by atoms with E-state index in [0.29, 0.717) is 5.41 Å². The van der Waals surface area contributed by atoms with E-state index >= 15 is 0 Å². The first kappa shape index (κ1) is 41.0. The second-order valence-corrected chi connectivity index (χ2v) is 6.50. The van der Waals surface area contributed by atoms with E-state index in [9.17, 15) is 0 Å². The van der Waals surface area contributed by atoms with Crippen molar-refractivity contribution in [2.75, 3.05) is 7.11 Å². The van der Waals surface area contributed by atoms with E-state index < -0.39 is 6.16 Å². The first-order chi connectivity index (χ1) is 16.0. The lowest BCUT2D eigenvalue weighted by Crippen LogP contribution is -2.14. The van der Waals surface area contributed by atoms with E-state index in [1.165, 1.54) is 32.1 Å². The van der Waals surface area contributed by atoms with Crippen molar-refractivity contribution in [2.24, 2.45) is 5.41 Å². The largest absolute Gasteiger partial charge is 0.505 e. The summed E-state index contributed by atoms with van der Waals surface area (Å²) in [5.74, 6) is 0. The summed E-state index contributed by atoms with van der Waals surface area (Å²) in [6.07, 6.45) is 6.06. The molecule has 0 bridgehead atoms. The Morgan fingerprint density at radius 1 is 0.576 bits per heavy atom. The molecule has 2 aromatic rings. The number of carboxylic acid groups (broad SMARTS) is 1. The van der Waals surface area contributed by atoms with Crippen LogP contribution in [0.4, 0.5) is 4.79 Å². The van der Waals surface area contributed by atoms with Gasteiger partial charge in [-0.15, -0.1) is 0 Å². The zero-order valence-electron chi connectivity index (χ0n) is 23.7. The van der Waals surface area contributed by atoms with Gasteiger partial charge in [-0.2, -0.15) is 0 Å². The average molecular weight is 465 g/mol. The molecule has 3 heteroatoms. The lowest BCUT2D eigenvalue weighted by molar-refractivity contribution is 0.114. The second kappa shape index (κ2) is 40.1. The van der Waals surface area contributed by atoms with E-state index in [1.807, 2.05) is 128 Å². The van der Waals surface area contributed by atoms with Crippen molar-refractivity contribution < 1.29 is 14.6 Å². The van der Waals surface area contributed by atoms with Crippen molar-refractivity contribution in [1.29, 1.82) is 0 Å². The molecule has 194 valence electrons. The van der Waals surface area contributed by atoms with Gasteiger partial charge in [0.05, 0.1) is 7.11 Å². The van der Waals surface area contributed by atoms with Gasteiger partial charge in [-0.25, -0.2) is 4.79 Å². The van der Waals surface area contributed by atoms with Crippen LogP contribution >= 0.6 is 0 Å². The van der Waals surface area contributed by atoms with Crippen LogP contribution in [0, 0.1) is 5.41 Å². The van der Waals surface area contributed by atoms with E-state index in [2.05, 4.69) is 18.6 Å². The van der Waals surface area contributed by atoms with Gasteiger partial charge in [0.2, 0.25) is 0 Å². The summed E-state index contributed by atoms with van der Waals surface area (Å²) in [5, 5.41) is 7.50. The molecule has 2 aromatic carbocycles. The molecule has 3 rings (SSSR count). The monoisotopic (exact) mass is 464 g/mol. The normalized spacial score (nSPS) is 11.4. The molecule has 1 fully saturated rings. The molecular formula is C30H56O3. The zero-order valence-corrected chi connectivity index (χ0v) is 23.7. The fourth-order valence-corrected chi connectivity index (χ4v) is 2.28. The van der Waals surface area contributed by atoms with Crippen molar-refractivity contribution >= 4 is 6.16 Å². The smallest absolute Gasteiger partial charge is 0.450 e. The summed E-state index contributed by atoms with van der Waals surface area (Å²) >= 11 is 0. The minimum atomic E-state index is -1.25. The third kappa shape index (κ3) is 48.4. The van der Waals surface area contributed by atoms with Gasteiger partial charge in [0.15, 0.2) is 0 Å². The van der Waals surface area contributed by atoms with Gasteiger partial charge in [-0.1, -0.05) is 161 Å². The van der Waals surface area contributed by atoms with Gasteiger partial charge < -0.3 is 9.84 Å². The molecule has 1 N–H and O–H groups in total. The Kier molecular flexibility index (Phi) is 49.8. The summed E-state index contributed by atoms with van der Waals surface area (Å²) in [4.78, 5) is 9.15. The molecule has 0 heterocycles. The molecule has 1 aliphatic rings. The molecule has 1 saturated carbocycles. The Morgan fingerprint density at radius 3 is 0.848 bits per heavy atom. The molecule has 0 radical (unpaired) electrons. The summed E-state index contributed by atoms with van der Waals surface area (Å²) in [6.45, 7) is 20.8. The molecule has 0 amide bonds. The topological polar surface area (TPSA) is 46.5 Å². The van der Waals surface area contributed by atoms with Crippen molar-refractivity contribution in [3.05, 3.63) is 72.8 Å². The minimum absolute atomic E-state index is 0.679. The average Bonchev–Trinajstić information content (AvgIpc) is 2.92. The molecule has 33 heavy (non-hydrogen) atoms. The van der Waals surface area contributed by atoms with Crippen molar-refractivity contribution in [3.63, 3.8) is 0 Å². The van der Waals surface area contributed by atoms with Gasteiger partial charge in [0.1, 0.15) is 0 Å². The molecule has 0 aliphatic heterocycles. The maximum atomic E-state index is 9.15. The van der Waals surface area contributed by atoms with Crippen LogP contribution in [-0.4, -0.2) is 18.4 Å². The zero-order chi connectivity index (χ0) is 26.8. The minimum Gasteiger partial charge on any atom is -0.450 e. The first-order valence-electron chi connectivity index (χ1n) is 12.7. The Labute approximate surface area is 207 Å². The van der Waals surface area contributed by atoms with E-state index in [-0.39, 0.29) is 0 Å². The van der Waals surface area contributed by atoms with Crippen LogP contribution in [0.2, 0.25) is 0 Å². The highest BCUT2D eigenvalue weighted by Gasteiger charge is 2.19. The van der Waals surface area contributed by atoms with E-state index in [1.54, 1.807) is 0 Å². The lowest BCUT2D eigenvalue weighted by Gasteiger charge is -2.28. The predicted octanol–water partition coefficient (Wildman–Crippen LogP) is 10.8. The fourth-order valence-electron chi connectivity index (χ4n) is 2.28. The molecule has 0 unspecified atom stereocenters. The van der Waals surface area contributed by atoms with Crippen molar-refractivity contribution in [2.45, 2.75) is 101 Å². The van der Waals surface area contributed by atoms with E-state index in [4.69, 9.17) is 9.90 Å². The van der Waals surface area contributed by atoms with E-state index in [0.717, 1.165) is 7.11 Å². The third-order valence-corrected chi connectivity index (χ3v) is 3.72. The van der Waals surface area contributed by atoms with Gasteiger partial charge in [-0.05, 0) is 18.3 Å². The van der Waals surface area contributed by atoms with Crippen molar-refractivity contribution in [1.82, 2.24) is 0 Å². The second-order valence-electron chi connectivity index (χ2n) is 6.50. The van der Waals surface area contributed by atoms with Crippen molar-refractivity contribution in [3.8, 4) is 0 Å². The number of methoxy groups -OCH3 is 1. The molecule has 3 nitrogen and oxygen atoms in total. The number of hydrogen-bond acceptors (Lipinski definition) is 2. The highest BCUT2D eigenvalue weighted by atomic mass is 16.6. The van der Waals surface area contributed by atoms with Crippen LogP contribution in [0.1, 0.15) is 101 Å². The number of carbonyl (C=O) groups is 1. The standard InChI is InChI=1S/C8H16.2C6H6.C2H4O3.4C2H6/c1-8(2)6-4-3-5-7-8;2*1-2-4-6-5-3-1;1-5-2(3)4;4*1-2/h3-7H2,1-2H3;2*1-6H;1H3,(H,3,4);4*1-2H3. The maximum Gasteiger partial charge on any atom is 0.505 e. The third-order valence-electron chi connectivity index (χ3n) is 3.72. The van der Waals surface area contributed by atoms with Gasteiger partial charge in [0, 0.05) is 0 Å². The number of ether oxygens (including phenoxy) is 1.